The lowest BCUT2D eigenvalue weighted by molar-refractivity contribution is -0.389. The van der Waals surface area contributed by atoms with Crippen LogP contribution in [0.25, 0.3) is 0 Å². The van der Waals surface area contributed by atoms with E-state index >= 15 is 0 Å². The zero-order valence-corrected chi connectivity index (χ0v) is 16.2. The molecule has 26 heavy (non-hydrogen) atoms. The lowest BCUT2D eigenvalue weighted by Gasteiger charge is -2.62. The largest absolute Gasteiger partial charge is 0.312 e. The van der Waals surface area contributed by atoms with Crippen LogP contribution >= 0.6 is 0 Å². The summed E-state index contributed by atoms with van der Waals surface area (Å²) in [6.07, 6.45) is 12.4. The summed E-state index contributed by atoms with van der Waals surface area (Å²) in [6, 6.07) is 0. The molecule has 2 unspecified atom stereocenters. The number of allylic oxidation sites excluding steroid dienone is 2. The number of hydrogen-bond acceptors (Lipinski definition) is 3. The van der Waals surface area contributed by atoms with Gasteiger partial charge in [0, 0.05) is 39.5 Å². The monoisotopic (exact) mass is 350 g/mol. The van der Waals surface area contributed by atoms with Crippen LogP contribution in [0.4, 0.5) is 0 Å². The van der Waals surface area contributed by atoms with Gasteiger partial charge >= 0.3 is 0 Å². The van der Waals surface area contributed by atoms with Gasteiger partial charge in [0.25, 0.3) is 0 Å². The van der Waals surface area contributed by atoms with E-state index in [-0.39, 0.29) is 5.31 Å². The standard InChI is InChI=1S/C20H29B3O3/c1-3-13(2)15-4-6-19(7-5-15)24-20(26-25-19)16-8-14-9-17(20)12-18(10-14,11-16)22-23-21/h3,14-17H,4-12H2,1-2H3/b13-3+. The Kier molecular flexibility index (Phi) is 4.23. The molecule has 6 fully saturated rings. The molecule has 2 atom stereocenters. The summed E-state index contributed by atoms with van der Waals surface area (Å²) < 4.78 is 6.82. The molecule has 4 bridgehead atoms. The fourth-order valence-corrected chi connectivity index (χ4v) is 7.10. The third-order valence-electron chi connectivity index (χ3n) is 8.34. The van der Waals surface area contributed by atoms with Crippen LogP contribution in [-0.4, -0.2) is 33.5 Å². The normalized spacial score (nSPS) is 52.8. The highest BCUT2D eigenvalue weighted by Crippen LogP contribution is 2.70. The Morgan fingerprint density at radius 3 is 2.38 bits per heavy atom. The summed E-state index contributed by atoms with van der Waals surface area (Å²) in [4.78, 5) is 12.2. The van der Waals surface area contributed by atoms with Crippen LogP contribution in [0, 0.1) is 23.7 Å². The third kappa shape index (κ3) is 2.54. The molecule has 0 N–H and O–H groups in total. The van der Waals surface area contributed by atoms with E-state index in [1.54, 1.807) is 7.06 Å². The Hall–Kier alpha value is -0.185. The highest BCUT2D eigenvalue weighted by molar-refractivity contribution is 7.24. The molecule has 0 amide bonds. The van der Waals surface area contributed by atoms with Gasteiger partial charge in [-0.1, -0.05) is 23.4 Å². The highest BCUT2D eigenvalue weighted by Gasteiger charge is 2.69. The quantitative estimate of drug-likeness (QED) is 0.439. The van der Waals surface area contributed by atoms with E-state index < -0.39 is 11.6 Å². The first-order valence-corrected chi connectivity index (χ1v) is 10.6. The van der Waals surface area contributed by atoms with Crippen LogP contribution in [0.15, 0.2) is 11.6 Å². The minimum atomic E-state index is -0.503. The molecule has 0 aromatic heterocycles. The van der Waals surface area contributed by atoms with E-state index in [0.29, 0.717) is 17.8 Å². The second-order valence-corrected chi connectivity index (χ2v) is 9.77. The molecule has 6 aliphatic rings. The van der Waals surface area contributed by atoms with Gasteiger partial charge in [-0.25, -0.2) is 0 Å². The first-order chi connectivity index (χ1) is 12.5. The molecule has 0 aromatic carbocycles. The zero-order chi connectivity index (χ0) is 18.0. The number of ether oxygens (including phenoxy) is 1. The molecule has 5 saturated carbocycles. The molecule has 3 nitrogen and oxygen atoms in total. The van der Waals surface area contributed by atoms with Gasteiger partial charge in [-0.3, -0.25) is 0 Å². The predicted molar refractivity (Wildman–Crippen MR) is 104 cm³/mol. The van der Waals surface area contributed by atoms with Crippen LogP contribution in [0.2, 0.25) is 5.31 Å². The van der Waals surface area contributed by atoms with E-state index in [0.717, 1.165) is 44.4 Å². The average molecular weight is 350 g/mol. The van der Waals surface area contributed by atoms with Crippen molar-refractivity contribution in [3.63, 3.8) is 0 Å². The zero-order valence-electron chi connectivity index (χ0n) is 16.2. The van der Waals surface area contributed by atoms with Crippen LogP contribution in [0.5, 0.6) is 0 Å². The second-order valence-electron chi connectivity index (χ2n) is 9.77. The van der Waals surface area contributed by atoms with Crippen molar-refractivity contribution in [2.45, 2.75) is 88.5 Å². The van der Waals surface area contributed by atoms with Crippen molar-refractivity contribution in [1.29, 1.82) is 0 Å². The smallest absolute Gasteiger partial charge is 0.210 e. The molecule has 5 aliphatic carbocycles. The van der Waals surface area contributed by atoms with Gasteiger partial charge in [0.05, 0.1) is 7.17 Å². The van der Waals surface area contributed by atoms with Gasteiger partial charge in [-0.2, -0.15) is 9.78 Å². The molecule has 4 radical (unpaired) electrons. The summed E-state index contributed by atoms with van der Waals surface area (Å²) in [5.74, 6) is 1.36. The average Bonchev–Trinajstić information content (AvgIpc) is 3.00. The van der Waals surface area contributed by atoms with Crippen molar-refractivity contribution < 1.29 is 14.5 Å². The van der Waals surface area contributed by atoms with E-state index in [9.17, 15) is 0 Å². The summed E-state index contributed by atoms with van der Waals surface area (Å²) in [5, 5.41) is 0.277. The molecule has 6 rings (SSSR count). The lowest BCUT2D eigenvalue weighted by atomic mass is 9.16. The summed E-state index contributed by atoms with van der Waals surface area (Å²) in [5.41, 5.74) is 1.50. The molecule has 136 valence electrons. The Bertz CT molecular complexity index is 583. The minimum absolute atomic E-state index is 0.277. The number of rotatable bonds is 3. The van der Waals surface area contributed by atoms with Crippen molar-refractivity contribution in [2.75, 3.05) is 0 Å². The maximum Gasteiger partial charge on any atom is 0.210 e. The summed E-state index contributed by atoms with van der Waals surface area (Å²) in [7, 11) is 9.81. The van der Waals surface area contributed by atoms with Gasteiger partial charge in [-0.15, -0.1) is 0 Å². The van der Waals surface area contributed by atoms with Crippen LogP contribution in [-0.2, 0) is 14.5 Å². The minimum Gasteiger partial charge on any atom is -0.312 e. The third-order valence-corrected chi connectivity index (χ3v) is 8.34. The lowest BCUT2D eigenvalue weighted by Crippen LogP contribution is -2.62. The highest BCUT2D eigenvalue weighted by atomic mass is 17.3. The van der Waals surface area contributed by atoms with Crippen molar-refractivity contribution in [2.24, 2.45) is 23.7 Å². The summed E-state index contributed by atoms with van der Waals surface area (Å²) in [6.45, 7) is 4.39. The van der Waals surface area contributed by atoms with E-state index in [1.807, 2.05) is 0 Å². The fraction of sp³-hybridized carbons (Fsp3) is 0.900. The molecular weight excluding hydrogens is 321 g/mol. The molecular formula is C20H29B3O3. The Morgan fingerprint density at radius 1 is 1.08 bits per heavy atom. The Balaban J connectivity index is 1.33. The van der Waals surface area contributed by atoms with E-state index in [2.05, 4.69) is 27.1 Å². The van der Waals surface area contributed by atoms with Crippen LogP contribution in [0.1, 0.15) is 71.6 Å². The van der Waals surface area contributed by atoms with Gasteiger partial charge in [0.15, 0.2) is 0 Å². The predicted octanol–water partition coefficient (Wildman–Crippen LogP) is 3.92. The van der Waals surface area contributed by atoms with Crippen molar-refractivity contribution in [3.05, 3.63) is 11.6 Å². The van der Waals surface area contributed by atoms with Gasteiger partial charge < -0.3 is 4.74 Å². The molecule has 1 aliphatic heterocycles. The van der Waals surface area contributed by atoms with Crippen molar-refractivity contribution in [1.82, 2.24) is 0 Å². The SMILES string of the molecule is [B][B][B]C12CC3CC(C1)C1(OOC4(CCC(/C(C)=C/C)CC4)O1)C(C3)C2. The van der Waals surface area contributed by atoms with Crippen LogP contribution in [0.3, 0.4) is 0 Å². The first-order valence-electron chi connectivity index (χ1n) is 10.6. The van der Waals surface area contributed by atoms with Crippen molar-refractivity contribution >= 4 is 22.0 Å². The summed E-state index contributed by atoms with van der Waals surface area (Å²) >= 11 is 0. The molecule has 6 heteroatoms. The Labute approximate surface area is 160 Å². The van der Waals surface area contributed by atoms with Crippen LogP contribution < -0.4 is 0 Å². The molecule has 0 aromatic rings. The van der Waals surface area contributed by atoms with Gasteiger partial charge in [0.1, 0.15) is 0 Å². The van der Waals surface area contributed by atoms with Crippen molar-refractivity contribution in [3.8, 4) is 0 Å². The first kappa shape index (κ1) is 17.9. The molecule has 1 heterocycles. The Morgan fingerprint density at radius 2 is 1.77 bits per heavy atom. The topological polar surface area (TPSA) is 27.7 Å². The van der Waals surface area contributed by atoms with E-state index in [4.69, 9.17) is 22.2 Å². The second kappa shape index (κ2) is 6.16. The van der Waals surface area contributed by atoms with E-state index in [1.165, 1.54) is 24.8 Å². The van der Waals surface area contributed by atoms with Gasteiger partial charge in [0.2, 0.25) is 11.6 Å². The molecule has 2 spiro atoms. The maximum atomic E-state index is 6.82. The fourth-order valence-electron chi connectivity index (χ4n) is 7.10. The number of hydrogen-bond donors (Lipinski definition) is 0. The maximum absolute atomic E-state index is 6.82. The van der Waals surface area contributed by atoms with Gasteiger partial charge in [-0.05, 0) is 64.2 Å². The molecule has 1 saturated heterocycles.